The van der Waals surface area contributed by atoms with Gasteiger partial charge >= 0.3 is 0 Å². The molecule has 9 aromatic rings. The Labute approximate surface area is 292 Å². The van der Waals surface area contributed by atoms with Crippen LogP contribution in [0, 0.1) is 0 Å². The minimum absolute atomic E-state index is 1.04. The van der Waals surface area contributed by atoms with Crippen LogP contribution in [0.15, 0.2) is 200 Å². The Balaban J connectivity index is 1.10. The molecule has 0 bridgehead atoms. The van der Waals surface area contributed by atoms with Gasteiger partial charge in [0.1, 0.15) is 0 Å². The highest BCUT2D eigenvalue weighted by atomic mass is 15.0. The number of nitrogens with one attached hydrogen (secondary N) is 1. The van der Waals surface area contributed by atoms with Crippen molar-refractivity contribution in [2.45, 2.75) is 0 Å². The second-order valence-corrected chi connectivity index (χ2v) is 12.7. The van der Waals surface area contributed by atoms with E-state index in [0.29, 0.717) is 0 Å². The predicted molar refractivity (Wildman–Crippen MR) is 212 cm³/mol. The molecule has 8 aromatic carbocycles. The second kappa shape index (κ2) is 12.8. The molecule has 0 unspecified atom stereocenters. The van der Waals surface area contributed by atoms with Crippen LogP contribution in [0.25, 0.3) is 72.0 Å². The minimum atomic E-state index is 1.04. The molecule has 0 aliphatic heterocycles. The number of fused-ring (bicyclic) bond motifs is 3. The van der Waals surface area contributed by atoms with E-state index >= 15 is 0 Å². The number of para-hydroxylation sites is 2. The van der Waals surface area contributed by atoms with E-state index in [1.165, 1.54) is 55.2 Å². The Morgan fingerprint density at radius 1 is 0.320 bits per heavy atom. The van der Waals surface area contributed by atoms with Crippen LogP contribution in [-0.4, -0.2) is 4.57 Å². The van der Waals surface area contributed by atoms with Crippen molar-refractivity contribution in [3.05, 3.63) is 200 Å². The van der Waals surface area contributed by atoms with E-state index in [0.717, 1.165) is 28.2 Å². The lowest BCUT2D eigenvalue weighted by atomic mass is 9.95. The quantitative estimate of drug-likeness (QED) is 0.184. The van der Waals surface area contributed by atoms with Crippen LogP contribution in [0.4, 0.5) is 11.4 Å². The molecule has 1 N–H and O–H groups in total. The number of aromatic nitrogens is 1. The lowest BCUT2D eigenvalue weighted by Crippen LogP contribution is -1.95. The molecule has 0 amide bonds. The summed E-state index contributed by atoms with van der Waals surface area (Å²) < 4.78 is 2.37. The third-order valence-electron chi connectivity index (χ3n) is 9.59. The summed E-state index contributed by atoms with van der Waals surface area (Å²) in [4.78, 5) is 0. The molecule has 0 saturated heterocycles. The molecule has 0 aliphatic rings. The van der Waals surface area contributed by atoms with Crippen LogP contribution in [0.3, 0.4) is 0 Å². The van der Waals surface area contributed by atoms with E-state index in [1.54, 1.807) is 0 Å². The van der Waals surface area contributed by atoms with Crippen molar-refractivity contribution in [3.8, 4) is 50.2 Å². The van der Waals surface area contributed by atoms with Gasteiger partial charge in [-0.1, -0.05) is 152 Å². The van der Waals surface area contributed by atoms with E-state index in [9.17, 15) is 0 Å². The number of hydrogen-bond acceptors (Lipinski definition) is 1. The third-order valence-corrected chi connectivity index (χ3v) is 9.59. The minimum Gasteiger partial charge on any atom is -0.355 e. The predicted octanol–water partition coefficient (Wildman–Crippen LogP) is 13.2. The van der Waals surface area contributed by atoms with Crippen molar-refractivity contribution in [2.75, 3.05) is 5.32 Å². The van der Waals surface area contributed by atoms with Crippen LogP contribution < -0.4 is 5.32 Å². The largest absolute Gasteiger partial charge is 0.355 e. The Bertz CT molecular complexity index is 2580. The van der Waals surface area contributed by atoms with Crippen molar-refractivity contribution in [1.82, 2.24) is 4.57 Å². The lowest BCUT2D eigenvalue weighted by Gasteiger charge is -2.16. The molecule has 0 radical (unpaired) electrons. The van der Waals surface area contributed by atoms with Crippen molar-refractivity contribution >= 4 is 33.2 Å². The van der Waals surface area contributed by atoms with Gasteiger partial charge in [-0.2, -0.15) is 0 Å². The van der Waals surface area contributed by atoms with Gasteiger partial charge < -0.3 is 9.88 Å². The summed E-state index contributed by atoms with van der Waals surface area (Å²) in [6.07, 6.45) is 0. The molecular weight excluding hydrogens is 605 g/mol. The molecule has 0 spiro atoms. The van der Waals surface area contributed by atoms with Crippen LogP contribution >= 0.6 is 0 Å². The number of benzene rings is 8. The molecule has 1 aromatic heterocycles. The molecule has 2 heteroatoms. The molecule has 1 heterocycles. The van der Waals surface area contributed by atoms with E-state index in [-0.39, 0.29) is 0 Å². The fraction of sp³-hybridized carbons (Fsp3) is 0. The van der Waals surface area contributed by atoms with Crippen molar-refractivity contribution in [2.24, 2.45) is 0 Å². The van der Waals surface area contributed by atoms with Gasteiger partial charge in [-0.05, 0) is 87.5 Å². The Hall–Kier alpha value is -6.64. The normalized spacial score (nSPS) is 11.2. The maximum atomic E-state index is 3.80. The van der Waals surface area contributed by atoms with Gasteiger partial charge in [-0.25, -0.2) is 0 Å². The highest BCUT2D eigenvalue weighted by Gasteiger charge is 2.14. The van der Waals surface area contributed by atoms with Crippen molar-refractivity contribution in [3.63, 3.8) is 0 Å². The molecule has 50 heavy (non-hydrogen) atoms. The summed E-state index contributed by atoms with van der Waals surface area (Å²) >= 11 is 0. The fourth-order valence-corrected chi connectivity index (χ4v) is 7.11. The summed E-state index contributed by atoms with van der Waals surface area (Å²) in [7, 11) is 0. The van der Waals surface area contributed by atoms with Gasteiger partial charge in [0.05, 0.1) is 11.0 Å². The maximum absolute atomic E-state index is 3.80. The molecular formula is C48H34N2. The number of rotatable bonds is 7. The molecule has 0 aliphatic carbocycles. The number of anilines is 2. The first kappa shape index (κ1) is 29.5. The summed E-state index contributed by atoms with van der Waals surface area (Å²) in [5, 5.41) is 6.31. The van der Waals surface area contributed by atoms with E-state index in [2.05, 4.69) is 210 Å². The van der Waals surface area contributed by atoms with Crippen molar-refractivity contribution in [1.29, 1.82) is 0 Å². The molecule has 0 fully saturated rings. The molecule has 236 valence electrons. The number of hydrogen-bond donors (Lipinski definition) is 1. The zero-order chi connectivity index (χ0) is 33.3. The monoisotopic (exact) mass is 638 g/mol. The molecule has 0 saturated carbocycles. The first-order valence-corrected chi connectivity index (χ1v) is 17.1. The topological polar surface area (TPSA) is 17.0 Å². The standard InChI is InChI=1S/C48H34N2/c1-4-13-34(14-5-1)36-23-25-37(26-24-36)45-32-39(35-15-6-2-7-16-35)28-30-46(45)49-41-18-12-17-38(31-41)40-27-29-44-43-21-10-11-22-47(43)50(48(44)33-40)42-19-8-3-9-20-42/h1-33,49H. The Kier molecular flexibility index (Phi) is 7.53. The summed E-state index contributed by atoms with van der Waals surface area (Å²) in [6.45, 7) is 0. The molecule has 0 atom stereocenters. The summed E-state index contributed by atoms with van der Waals surface area (Å²) in [6, 6.07) is 71.7. The first-order chi connectivity index (χ1) is 24.8. The van der Waals surface area contributed by atoms with Gasteiger partial charge in [-0.3, -0.25) is 0 Å². The smallest absolute Gasteiger partial charge is 0.0547 e. The van der Waals surface area contributed by atoms with E-state index < -0.39 is 0 Å². The summed E-state index contributed by atoms with van der Waals surface area (Å²) in [5.74, 6) is 0. The van der Waals surface area contributed by atoms with Gasteiger partial charge in [-0.15, -0.1) is 0 Å². The van der Waals surface area contributed by atoms with Crippen LogP contribution in [0.2, 0.25) is 0 Å². The first-order valence-electron chi connectivity index (χ1n) is 17.1. The highest BCUT2D eigenvalue weighted by molar-refractivity contribution is 6.10. The van der Waals surface area contributed by atoms with Crippen LogP contribution in [-0.2, 0) is 0 Å². The lowest BCUT2D eigenvalue weighted by molar-refractivity contribution is 1.18. The molecule has 2 nitrogen and oxygen atoms in total. The Morgan fingerprint density at radius 2 is 0.840 bits per heavy atom. The average molecular weight is 639 g/mol. The second-order valence-electron chi connectivity index (χ2n) is 12.7. The van der Waals surface area contributed by atoms with Crippen LogP contribution in [0.1, 0.15) is 0 Å². The highest BCUT2D eigenvalue weighted by Crippen LogP contribution is 2.38. The van der Waals surface area contributed by atoms with Crippen molar-refractivity contribution < 1.29 is 0 Å². The maximum Gasteiger partial charge on any atom is 0.0547 e. The summed E-state index contributed by atoms with van der Waals surface area (Å²) in [5.41, 5.74) is 15.2. The van der Waals surface area contributed by atoms with Crippen LogP contribution in [0.5, 0.6) is 0 Å². The molecule has 9 rings (SSSR count). The zero-order valence-electron chi connectivity index (χ0n) is 27.5. The Morgan fingerprint density at radius 3 is 1.60 bits per heavy atom. The van der Waals surface area contributed by atoms with Gasteiger partial charge in [0, 0.05) is 33.4 Å². The van der Waals surface area contributed by atoms with Gasteiger partial charge in [0.2, 0.25) is 0 Å². The zero-order valence-corrected chi connectivity index (χ0v) is 27.5. The number of nitrogens with zero attached hydrogens (tertiary/aromatic N) is 1. The van der Waals surface area contributed by atoms with Gasteiger partial charge in [0.15, 0.2) is 0 Å². The SMILES string of the molecule is c1ccc(-c2ccc(-c3cc(-c4ccccc4)ccc3Nc3cccc(-c4ccc5c6ccccc6n(-c6ccccc6)c5c4)c3)cc2)cc1. The van der Waals surface area contributed by atoms with Gasteiger partial charge in [0.25, 0.3) is 0 Å². The van der Waals surface area contributed by atoms with E-state index in [1.807, 2.05) is 0 Å². The fourth-order valence-electron chi connectivity index (χ4n) is 7.11. The third kappa shape index (κ3) is 5.53. The van der Waals surface area contributed by atoms with E-state index in [4.69, 9.17) is 0 Å². The average Bonchev–Trinajstić information content (AvgIpc) is 3.53.